The molecule has 2 heterocycles. The van der Waals surface area contributed by atoms with Crippen LogP contribution in [-0.4, -0.2) is 53.3 Å². The lowest BCUT2D eigenvalue weighted by Gasteiger charge is -2.29. The van der Waals surface area contributed by atoms with Crippen molar-refractivity contribution >= 4 is 29.8 Å². The van der Waals surface area contributed by atoms with E-state index in [-0.39, 0.29) is 30.2 Å². The molecular formula is C24H16F7N3O5. The number of benzene rings is 2. The number of alkyl halides is 6. The van der Waals surface area contributed by atoms with E-state index < -0.39 is 77.4 Å². The average molecular weight is 559 g/mol. The Balaban J connectivity index is 1.55. The van der Waals surface area contributed by atoms with Crippen LogP contribution in [0, 0.1) is 5.82 Å². The summed E-state index contributed by atoms with van der Waals surface area (Å²) in [5.74, 6) is -7.91. The Morgan fingerprint density at radius 2 is 1.72 bits per heavy atom. The molecule has 8 nitrogen and oxygen atoms in total. The number of carbonyl (C=O) groups is 4. The molecule has 2 aromatic rings. The van der Waals surface area contributed by atoms with E-state index in [1.807, 2.05) is 0 Å². The molecule has 1 saturated heterocycles. The number of halogens is 7. The van der Waals surface area contributed by atoms with Gasteiger partial charge in [-0.25, -0.2) is 9.38 Å². The molecule has 39 heavy (non-hydrogen) atoms. The smallest absolute Gasteiger partial charge is 0.406 e. The molecule has 206 valence electrons. The van der Waals surface area contributed by atoms with Crippen molar-refractivity contribution in [2.45, 2.75) is 43.9 Å². The predicted molar refractivity (Wildman–Crippen MR) is 117 cm³/mol. The molecule has 2 atom stereocenters. The molecule has 1 fully saturated rings. The van der Waals surface area contributed by atoms with Crippen LogP contribution in [0.15, 0.2) is 41.4 Å². The first-order valence-electron chi connectivity index (χ1n) is 11.1. The number of rotatable bonds is 5. The number of fused-ring (bicyclic) bond motifs is 1. The van der Waals surface area contributed by atoms with Gasteiger partial charge in [0.15, 0.2) is 0 Å². The summed E-state index contributed by atoms with van der Waals surface area (Å²) >= 11 is 0. The van der Waals surface area contributed by atoms with Crippen molar-refractivity contribution in [2.75, 3.05) is 0 Å². The number of ether oxygens (including phenoxy) is 1. The quantitative estimate of drug-likeness (QED) is 0.338. The molecule has 0 saturated carbocycles. The Bertz CT molecular complexity index is 1370. The molecule has 0 aliphatic carbocycles. The molecule has 0 spiro atoms. The van der Waals surface area contributed by atoms with Crippen LogP contribution >= 0.6 is 0 Å². The number of carbonyl (C=O) groups excluding carboxylic acids is 4. The zero-order valence-corrected chi connectivity index (χ0v) is 19.4. The first-order chi connectivity index (χ1) is 18.2. The maximum atomic E-state index is 15.2. The van der Waals surface area contributed by atoms with Crippen molar-refractivity contribution in [1.82, 2.24) is 10.2 Å². The van der Waals surface area contributed by atoms with Crippen LogP contribution in [-0.2, 0) is 16.1 Å². The Morgan fingerprint density at radius 3 is 2.31 bits per heavy atom. The van der Waals surface area contributed by atoms with Gasteiger partial charge < -0.3 is 9.64 Å². The van der Waals surface area contributed by atoms with Crippen molar-refractivity contribution in [2.24, 2.45) is 4.99 Å². The van der Waals surface area contributed by atoms with E-state index in [0.717, 1.165) is 17.0 Å². The third kappa shape index (κ3) is 5.91. The molecule has 2 aromatic carbocycles. The van der Waals surface area contributed by atoms with Gasteiger partial charge in [-0.1, -0.05) is 12.1 Å². The van der Waals surface area contributed by atoms with E-state index in [4.69, 9.17) is 0 Å². The highest BCUT2D eigenvalue weighted by Crippen LogP contribution is 2.35. The van der Waals surface area contributed by atoms with Gasteiger partial charge in [0.25, 0.3) is 11.8 Å². The van der Waals surface area contributed by atoms with Crippen molar-refractivity contribution < 1.29 is 54.6 Å². The van der Waals surface area contributed by atoms with Crippen molar-refractivity contribution in [3.05, 3.63) is 64.5 Å². The van der Waals surface area contributed by atoms with Crippen LogP contribution in [0.3, 0.4) is 0 Å². The fourth-order valence-corrected chi connectivity index (χ4v) is 4.22. The minimum atomic E-state index is -5.05. The summed E-state index contributed by atoms with van der Waals surface area (Å²) in [6.07, 6.45) is -9.92. The summed E-state index contributed by atoms with van der Waals surface area (Å²) in [7, 11) is 0. The maximum absolute atomic E-state index is 15.2. The average Bonchev–Trinajstić information content (AvgIpc) is 3.15. The highest BCUT2D eigenvalue weighted by atomic mass is 19.4. The van der Waals surface area contributed by atoms with Crippen LogP contribution in [0.25, 0.3) is 0 Å². The second-order valence-corrected chi connectivity index (χ2v) is 8.57. The van der Waals surface area contributed by atoms with Gasteiger partial charge in [0, 0.05) is 23.8 Å². The van der Waals surface area contributed by atoms with E-state index >= 15 is 4.39 Å². The fraction of sp³-hybridized carbons (Fsp3) is 0.292. The van der Waals surface area contributed by atoms with Gasteiger partial charge in [-0.15, -0.1) is 13.2 Å². The molecule has 2 aliphatic rings. The summed E-state index contributed by atoms with van der Waals surface area (Å²) in [6.45, 7) is -0.422. The molecule has 2 aliphatic heterocycles. The Hall–Kier alpha value is -4.30. The number of hydrogen-bond donors (Lipinski definition) is 1. The van der Waals surface area contributed by atoms with Crippen molar-refractivity contribution in [3.63, 3.8) is 0 Å². The molecule has 15 heteroatoms. The van der Waals surface area contributed by atoms with Crippen LogP contribution in [0.2, 0.25) is 0 Å². The van der Waals surface area contributed by atoms with Crippen LogP contribution < -0.4 is 10.1 Å². The molecule has 0 bridgehead atoms. The summed E-state index contributed by atoms with van der Waals surface area (Å²) in [5.41, 5.74) is -1.73. The zero-order chi connectivity index (χ0) is 28.7. The van der Waals surface area contributed by atoms with Gasteiger partial charge >= 0.3 is 12.5 Å². The number of amides is 4. The number of hydrogen-bond acceptors (Lipinski definition) is 5. The van der Waals surface area contributed by atoms with Crippen LogP contribution in [0.1, 0.15) is 50.6 Å². The normalized spacial score (nSPS) is 18.8. The molecular weight excluding hydrogens is 543 g/mol. The van der Waals surface area contributed by atoms with Gasteiger partial charge in [0.2, 0.25) is 11.8 Å². The third-order valence-corrected chi connectivity index (χ3v) is 6.05. The van der Waals surface area contributed by atoms with Gasteiger partial charge in [0.1, 0.15) is 23.5 Å². The fourth-order valence-electron chi connectivity index (χ4n) is 4.22. The minimum absolute atomic E-state index is 0.00420. The minimum Gasteiger partial charge on any atom is -0.406 e. The van der Waals surface area contributed by atoms with Crippen LogP contribution in [0.4, 0.5) is 30.7 Å². The Kier molecular flexibility index (Phi) is 7.19. The number of imide groups is 1. The topological polar surface area (TPSA) is 105 Å². The number of aliphatic imine (C=N–C) groups is 1. The number of piperidine rings is 1. The summed E-state index contributed by atoms with van der Waals surface area (Å²) in [6, 6.07) is 3.62. The molecule has 0 radical (unpaired) electrons. The van der Waals surface area contributed by atoms with Crippen molar-refractivity contribution in [3.8, 4) is 5.75 Å². The lowest BCUT2D eigenvalue weighted by molar-refractivity contribution is -0.274. The predicted octanol–water partition coefficient (Wildman–Crippen LogP) is 4.04. The van der Waals surface area contributed by atoms with Crippen LogP contribution in [0.5, 0.6) is 5.75 Å². The highest BCUT2D eigenvalue weighted by Gasteiger charge is 2.42. The Morgan fingerprint density at radius 1 is 1.05 bits per heavy atom. The van der Waals surface area contributed by atoms with Gasteiger partial charge in [-0.3, -0.25) is 24.5 Å². The van der Waals surface area contributed by atoms with E-state index in [0.29, 0.717) is 24.3 Å². The van der Waals surface area contributed by atoms with Crippen molar-refractivity contribution in [1.29, 1.82) is 0 Å². The van der Waals surface area contributed by atoms with Gasteiger partial charge in [0.05, 0.1) is 12.1 Å². The molecule has 1 N–H and O–H groups in total. The summed E-state index contributed by atoms with van der Waals surface area (Å²) < 4.78 is 96.6. The molecule has 2 unspecified atom stereocenters. The SMILES string of the molecule is O=C1CCC(N2Cc3c(ccc(C(=O)N=CC(c4ccc(OC(F)(F)F)cc4)C(F)(F)F)c3F)C2=O)C(=O)N1. The molecule has 0 aromatic heterocycles. The third-order valence-electron chi connectivity index (χ3n) is 6.05. The second kappa shape index (κ2) is 10.1. The first kappa shape index (κ1) is 27.7. The summed E-state index contributed by atoms with van der Waals surface area (Å²) in [4.78, 5) is 53.0. The first-order valence-corrected chi connectivity index (χ1v) is 11.1. The zero-order valence-electron chi connectivity index (χ0n) is 19.4. The number of nitrogens with one attached hydrogen (secondary N) is 1. The standard InChI is InChI=1S/C24H16F7N3O5/c25-19-14(6-5-13-15(19)10-34(22(13)38)17-7-8-18(35)33-21(17)37)20(36)32-9-16(23(26,27)28)11-1-3-12(4-2-11)39-24(29,30)31/h1-6,9,16-17H,7-8,10H2,(H,33,35,37). The maximum Gasteiger partial charge on any atom is 0.573 e. The monoisotopic (exact) mass is 559 g/mol. The Labute approximate surface area is 214 Å². The van der Waals surface area contributed by atoms with Gasteiger partial charge in [-0.05, 0) is 36.2 Å². The van der Waals surface area contributed by atoms with E-state index in [2.05, 4.69) is 15.0 Å². The van der Waals surface area contributed by atoms with Gasteiger partial charge in [-0.2, -0.15) is 13.2 Å². The molecule has 4 amide bonds. The van der Waals surface area contributed by atoms with E-state index in [1.54, 1.807) is 0 Å². The number of nitrogens with zero attached hydrogens (tertiary/aromatic N) is 2. The van der Waals surface area contributed by atoms with E-state index in [1.165, 1.54) is 0 Å². The highest BCUT2D eigenvalue weighted by molar-refractivity contribution is 6.06. The molecule has 4 rings (SSSR count). The lowest BCUT2D eigenvalue weighted by atomic mass is 9.99. The lowest BCUT2D eigenvalue weighted by Crippen LogP contribution is -2.52. The second-order valence-electron chi connectivity index (χ2n) is 8.57. The largest absolute Gasteiger partial charge is 0.573 e. The summed E-state index contributed by atoms with van der Waals surface area (Å²) in [5, 5.41) is 2.08. The van der Waals surface area contributed by atoms with E-state index in [9.17, 15) is 45.5 Å².